The van der Waals surface area contributed by atoms with E-state index in [4.69, 9.17) is 5.73 Å². The van der Waals surface area contributed by atoms with Crippen LogP contribution in [0.3, 0.4) is 0 Å². The van der Waals surface area contributed by atoms with Gasteiger partial charge in [-0.05, 0) is 12.5 Å². The second-order valence-corrected chi connectivity index (χ2v) is 3.55. The summed E-state index contributed by atoms with van der Waals surface area (Å²) < 4.78 is 0. The third-order valence-corrected chi connectivity index (χ3v) is 2.20. The van der Waals surface area contributed by atoms with Crippen LogP contribution in [0.5, 0.6) is 0 Å². The van der Waals surface area contributed by atoms with Gasteiger partial charge >= 0.3 is 0 Å². The van der Waals surface area contributed by atoms with Crippen LogP contribution in [-0.2, 0) is 0 Å². The average molecular weight is 195 g/mol. The van der Waals surface area contributed by atoms with Gasteiger partial charge in [-0.15, -0.1) is 0 Å². The number of thioether (sulfide) groups is 1. The Kier molecular flexibility index (Phi) is 4.49. The second kappa shape index (κ2) is 5.72. The molecular formula is C9H13N3S. The molecule has 1 aromatic heterocycles. The minimum atomic E-state index is 0.593. The predicted octanol–water partition coefficient (Wildman–Crippen LogP) is 1.39. The van der Waals surface area contributed by atoms with E-state index in [1.807, 2.05) is 31.5 Å². The van der Waals surface area contributed by atoms with E-state index in [0.717, 1.165) is 16.5 Å². The van der Waals surface area contributed by atoms with Crippen molar-refractivity contribution in [2.45, 2.75) is 12.1 Å². The molecule has 0 saturated heterocycles. The molecule has 3 nitrogen and oxygen atoms in total. The fraction of sp³-hybridized carbons (Fsp3) is 0.333. The van der Waals surface area contributed by atoms with Gasteiger partial charge in [0.25, 0.3) is 0 Å². The van der Waals surface area contributed by atoms with Crippen molar-refractivity contribution < 1.29 is 0 Å². The fourth-order valence-electron chi connectivity index (χ4n) is 0.742. The van der Waals surface area contributed by atoms with Crippen molar-refractivity contribution in [3.63, 3.8) is 0 Å². The smallest absolute Gasteiger partial charge is 0.187 e. The number of nitrogens with zero attached hydrogens (tertiary/aromatic N) is 2. The third-order valence-electron chi connectivity index (χ3n) is 1.37. The Balaban J connectivity index is 2.37. The van der Waals surface area contributed by atoms with Crippen molar-refractivity contribution in [3.8, 4) is 0 Å². The van der Waals surface area contributed by atoms with Gasteiger partial charge in [-0.3, -0.25) is 0 Å². The molecule has 0 aliphatic heterocycles. The first kappa shape index (κ1) is 10.2. The minimum Gasteiger partial charge on any atom is -0.327 e. The Bertz CT molecular complexity index is 269. The predicted molar refractivity (Wildman–Crippen MR) is 55.7 cm³/mol. The summed E-state index contributed by atoms with van der Waals surface area (Å²) in [5.41, 5.74) is 6.39. The topological polar surface area (TPSA) is 51.8 Å². The van der Waals surface area contributed by atoms with Gasteiger partial charge in [0.1, 0.15) is 0 Å². The zero-order valence-electron chi connectivity index (χ0n) is 7.60. The Labute approximate surface area is 82.5 Å². The maximum absolute atomic E-state index is 5.30. The molecule has 0 saturated carbocycles. The Morgan fingerprint density at radius 2 is 2.08 bits per heavy atom. The summed E-state index contributed by atoms with van der Waals surface area (Å²) in [6.45, 7) is 2.57. The highest BCUT2D eigenvalue weighted by molar-refractivity contribution is 7.99. The van der Waals surface area contributed by atoms with Crippen LogP contribution in [0.15, 0.2) is 29.7 Å². The van der Waals surface area contributed by atoms with Crippen LogP contribution in [0.1, 0.15) is 5.56 Å². The van der Waals surface area contributed by atoms with Crippen LogP contribution in [0.4, 0.5) is 0 Å². The van der Waals surface area contributed by atoms with Gasteiger partial charge in [0.15, 0.2) is 5.16 Å². The van der Waals surface area contributed by atoms with E-state index in [2.05, 4.69) is 9.97 Å². The van der Waals surface area contributed by atoms with Gasteiger partial charge in [-0.25, -0.2) is 9.97 Å². The van der Waals surface area contributed by atoms with Crippen LogP contribution in [0.2, 0.25) is 0 Å². The lowest BCUT2D eigenvalue weighted by Gasteiger charge is -1.95. The molecule has 1 rings (SSSR count). The molecule has 0 bridgehead atoms. The lowest BCUT2D eigenvalue weighted by molar-refractivity contribution is 0.952. The largest absolute Gasteiger partial charge is 0.327 e. The molecule has 0 spiro atoms. The monoisotopic (exact) mass is 195 g/mol. The summed E-state index contributed by atoms with van der Waals surface area (Å²) in [4.78, 5) is 8.33. The van der Waals surface area contributed by atoms with E-state index in [-0.39, 0.29) is 0 Å². The fourth-order valence-corrected chi connectivity index (χ4v) is 1.38. The standard InChI is InChI=1S/C9H13N3S/c1-8-6-11-9(12-7-8)13-5-3-2-4-10/h2-3,6-7H,4-5,10H2,1H3. The first-order valence-corrected chi connectivity index (χ1v) is 5.08. The molecule has 2 N–H and O–H groups in total. The molecular weight excluding hydrogens is 182 g/mol. The third kappa shape index (κ3) is 4.05. The van der Waals surface area contributed by atoms with Crippen molar-refractivity contribution in [2.24, 2.45) is 5.73 Å². The highest BCUT2D eigenvalue weighted by Crippen LogP contribution is 2.11. The summed E-state index contributed by atoms with van der Waals surface area (Å²) >= 11 is 1.60. The van der Waals surface area contributed by atoms with Crippen LogP contribution in [-0.4, -0.2) is 22.3 Å². The number of aryl methyl sites for hydroxylation is 1. The summed E-state index contributed by atoms with van der Waals surface area (Å²) in [5, 5.41) is 0.812. The van der Waals surface area contributed by atoms with Crippen LogP contribution < -0.4 is 5.73 Å². The Morgan fingerprint density at radius 1 is 1.38 bits per heavy atom. The minimum absolute atomic E-state index is 0.593. The van der Waals surface area contributed by atoms with Crippen molar-refractivity contribution >= 4 is 11.8 Å². The molecule has 13 heavy (non-hydrogen) atoms. The molecule has 0 amide bonds. The van der Waals surface area contributed by atoms with E-state index < -0.39 is 0 Å². The van der Waals surface area contributed by atoms with Gasteiger partial charge in [0.2, 0.25) is 0 Å². The molecule has 1 aromatic rings. The molecule has 4 heteroatoms. The number of hydrogen-bond acceptors (Lipinski definition) is 4. The summed E-state index contributed by atoms with van der Waals surface area (Å²) in [7, 11) is 0. The van der Waals surface area contributed by atoms with Gasteiger partial charge in [0.05, 0.1) is 0 Å². The van der Waals surface area contributed by atoms with Crippen LogP contribution >= 0.6 is 11.8 Å². The summed E-state index contributed by atoms with van der Waals surface area (Å²) in [6, 6.07) is 0. The normalized spacial score (nSPS) is 10.9. The van der Waals surface area contributed by atoms with E-state index in [1.54, 1.807) is 11.8 Å². The quantitative estimate of drug-likeness (QED) is 0.448. The maximum atomic E-state index is 5.30. The first-order valence-electron chi connectivity index (χ1n) is 4.09. The molecule has 0 unspecified atom stereocenters. The number of hydrogen-bond donors (Lipinski definition) is 1. The van der Waals surface area contributed by atoms with Gasteiger partial charge in [-0.2, -0.15) is 0 Å². The molecule has 0 atom stereocenters. The van der Waals surface area contributed by atoms with Crippen LogP contribution in [0, 0.1) is 6.92 Å². The Hall–Kier alpha value is -0.870. The molecule has 0 aliphatic rings. The first-order chi connectivity index (χ1) is 6.33. The molecule has 0 aliphatic carbocycles. The highest BCUT2D eigenvalue weighted by Gasteiger charge is 1.93. The SMILES string of the molecule is Cc1cnc(SCC=CCN)nc1. The van der Waals surface area contributed by atoms with Gasteiger partial charge < -0.3 is 5.73 Å². The average Bonchev–Trinajstić information content (AvgIpc) is 2.15. The van der Waals surface area contributed by atoms with E-state index in [0.29, 0.717) is 6.54 Å². The van der Waals surface area contributed by atoms with Gasteiger partial charge in [0, 0.05) is 24.7 Å². The molecule has 70 valence electrons. The number of nitrogens with two attached hydrogens (primary N) is 1. The number of aromatic nitrogens is 2. The van der Waals surface area contributed by atoms with Gasteiger partial charge in [-0.1, -0.05) is 23.9 Å². The zero-order valence-corrected chi connectivity index (χ0v) is 8.42. The number of rotatable bonds is 4. The molecule has 0 radical (unpaired) electrons. The van der Waals surface area contributed by atoms with Crippen molar-refractivity contribution in [1.29, 1.82) is 0 Å². The van der Waals surface area contributed by atoms with Crippen molar-refractivity contribution in [1.82, 2.24) is 9.97 Å². The molecule has 1 heterocycles. The van der Waals surface area contributed by atoms with Crippen LogP contribution in [0.25, 0.3) is 0 Å². The highest BCUT2D eigenvalue weighted by atomic mass is 32.2. The Morgan fingerprint density at radius 3 is 2.69 bits per heavy atom. The lowest BCUT2D eigenvalue weighted by atomic mass is 10.4. The maximum Gasteiger partial charge on any atom is 0.187 e. The summed E-state index contributed by atoms with van der Waals surface area (Å²) in [6.07, 6.45) is 7.60. The lowest BCUT2D eigenvalue weighted by Crippen LogP contribution is -1.92. The molecule has 0 fully saturated rings. The van der Waals surface area contributed by atoms with Crippen molar-refractivity contribution in [3.05, 3.63) is 30.1 Å². The summed E-state index contributed by atoms with van der Waals surface area (Å²) in [5.74, 6) is 0.875. The zero-order chi connectivity index (χ0) is 9.52. The second-order valence-electron chi connectivity index (χ2n) is 2.56. The molecule has 0 aromatic carbocycles. The van der Waals surface area contributed by atoms with E-state index in [1.165, 1.54) is 0 Å². The van der Waals surface area contributed by atoms with E-state index >= 15 is 0 Å². The van der Waals surface area contributed by atoms with E-state index in [9.17, 15) is 0 Å². The van der Waals surface area contributed by atoms with Crippen molar-refractivity contribution in [2.75, 3.05) is 12.3 Å².